The monoisotopic (exact) mass is 2920 g/mol. The standard InChI is InChI=1S/C13H18N5.C13H17N4O.C12H16N5O.C11H17N2O2.C9H16N5.C9H15N4.C6H9O2.C5H8O3.C4H6O2.6CH3.H4N2O.Na.H2O.6W.3H2/c1-7(2)18-11(6)8(3)12(17-18)13-14-9(4)10(5)15-16-13;1-7(2)17-10(5)9(4)11(16-17)12-14-6-8(3)13(18)15-12;1-6(2)17-9(5)7(3)10(16-17)11-13-12(18)8(4)14-15-11;1-6-15-11(14)10-8(4)9(5)13(12-10)7(2)3;1-5(2)14-7(4)6(3)8(13-14)9(10)12-11;1-5(2)13-7(4)6(3)8(12-13)9(10)11;1-4-8-6(7)5(2)3;1-3-8-5(7)4(2)6;1-3(5)4(2)6;;;;;;;1-2-3;;;;;;;;;;;/h1-6H3;6H,1-5H3,(H,14,15,18);1-5H3,(H,13,15,18);6H2,1-5H3;11H2,1-4H3,(H2,10,12);1-4H3,(H3,10,11);2H,4H2,1,3H3;3H2,1-2H3;1-2H3;6*1H3;2-3H,1H2;;1H2;;;;;;;3*1H/q7*-1;;;6*-1;;+1;;6*+2;;;/p-1/i;;;;;;;;;;;;;;;;;;;;;;;;3*1+1. The maximum atomic E-state index is 11.6. The van der Waals surface area contributed by atoms with E-state index < -0.39 is 17.7 Å². The Labute approximate surface area is 914 Å². The SMILES string of the molecule is CC(=O)C(C)=O.CCOC(=O)C(C)=O.CCOC(=O)c1nn([C-](C)C)c(C)c1C.Cc1c(-c2ncc(C)c(=O)[nH]2)nn([C-](C)C)c1C.Cc1c(-c2nnc(C)c(=O)[nH]2)nn([C-](C)C)c1C.Cc1c(C(=N)N)nn([C-](C)C)c1C.Cc1c(C(N)=NN)nn([C-](C)C)c1C.Cc1nnc(-c2nn([C-](C)C)c(C)c2C)nc1C.NNO.[2HH].[2HH].[2HH].[CH-]=C(C)C(=O)OCC.[CH3-].[CH3-].[CH3-].[CH3-].[CH3-].[CH3-].[Na+].[OH-].[W+2].[W+2].[W+2].[W+2].[W+2].[W+2]. The molecule has 9 aromatic heterocycles. The number of hydrogen-bond donors (Lipinski definition) is 9. The van der Waals surface area contributed by atoms with Gasteiger partial charge in [-0.1, -0.05) is 206 Å². The maximum Gasteiger partial charge on any atom is 2.00 e. The van der Waals surface area contributed by atoms with Gasteiger partial charge in [0, 0.05) is 36.8 Å². The zero-order valence-electron chi connectivity index (χ0n) is 86.9. The van der Waals surface area contributed by atoms with E-state index in [-0.39, 0.29) is 263 Å². The largest absolute Gasteiger partial charge is 2.00 e. The first-order valence-corrected chi connectivity index (χ1v) is 38.1. The first-order chi connectivity index (χ1) is 56.1. The quantitative estimate of drug-likeness (QED) is 0.00368. The van der Waals surface area contributed by atoms with Crippen LogP contribution in [0.1, 0.15) is 248 Å². The van der Waals surface area contributed by atoms with Crippen LogP contribution in [0.4, 0.5) is 0 Å². The van der Waals surface area contributed by atoms with Crippen LogP contribution in [0.15, 0.2) is 26.5 Å². The normalized spacial score (nSPS) is 9.09. The summed E-state index contributed by atoms with van der Waals surface area (Å²) in [5.74, 6) is 8.25. The number of hydrogen-bond acceptors (Lipinski definition) is 30. The summed E-state index contributed by atoms with van der Waals surface area (Å²) in [7, 11) is 0. The average Bonchev–Trinajstić information content (AvgIpc) is 1.66. The number of nitrogen functional groups attached to an aromatic ring is 1. The molecule has 9 heterocycles. The average molecular weight is 2920 g/mol. The Morgan fingerprint density at radius 1 is 0.452 bits per heavy atom. The predicted octanol–water partition coefficient (Wildman–Crippen LogP) is 9.86. The number of nitrogens with one attached hydrogen (secondary N) is 4. The molecule has 0 aliphatic rings. The fourth-order valence-corrected chi connectivity index (χ4v) is 9.82. The topological polar surface area (TPSA) is 583 Å². The van der Waals surface area contributed by atoms with Gasteiger partial charge in [0.15, 0.2) is 40.7 Å². The molecule has 0 saturated carbocycles. The van der Waals surface area contributed by atoms with Crippen molar-refractivity contribution in [1.82, 2.24) is 105 Å². The van der Waals surface area contributed by atoms with Crippen LogP contribution in [0.2, 0.25) is 0 Å². The summed E-state index contributed by atoms with van der Waals surface area (Å²) >= 11 is 0. The van der Waals surface area contributed by atoms with E-state index >= 15 is 0 Å². The van der Waals surface area contributed by atoms with E-state index in [1.165, 1.54) is 33.3 Å². The summed E-state index contributed by atoms with van der Waals surface area (Å²) in [5.41, 5.74) is 31.0. The number of H-pyrrole nitrogens is 2. The van der Waals surface area contributed by atoms with Crippen molar-refractivity contribution in [2.75, 3.05) is 19.8 Å². The van der Waals surface area contributed by atoms with Gasteiger partial charge in [-0.25, -0.2) is 50.9 Å². The van der Waals surface area contributed by atoms with Crippen molar-refractivity contribution in [3.05, 3.63) is 227 Å². The summed E-state index contributed by atoms with van der Waals surface area (Å²) in [5, 5.41) is 60.2. The summed E-state index contributed by atoms with van der Waals surface area (Å²) in [4.78, 5) is 99.1. The molecule has 135 heavy (non-hydrogen) atoms. The number of Topliss-reactive ketones (excluding diaryl/α,β-unsaturated/α-hetero) is 3. The van der Waals surface area contributed by atoms with Crippen LogP contribution in [0, 0.1) is 204 Å². The molecule has 9 aromatic rings. The van der Waals surface area contributed by atoms with Gasteiger partial charge in [-0.2, -0.15) is 15.3 Å². The number of nitrogens with two attached hydrogens (primary N) is 4. The van der Waals surface area contributed by atoms with Crippen molar-refractivity contribution in [1.29, 1.82) is 5.41 Å². The number of aromatic amines is 2. The van der Waals surface area contributed by atoms with Gasteiger partial charge in [0.2, 0.25) is 11.6 Å². The van der Waals surface area contributed by atoms with Crippen molar-refractivity contribution in [2.24, 2.45) is 28.3 Å². The number of rotatable bonds is 18. The van der Waals surface area contributed by atoms with Gasteiger partial charge in [0.1, 0.15) is 40.0 Å². The van der Waals surface area contributed by atoms with E-state index in [0.29, 0.717) is 64.7 Å². The van der Waals surface area contributed by atoms with Gasteiger partial charge in [0.25, 0.3) is 11.1 Å². The van der Waals surface area contributed by atoms with Crippen molar-refractivity contribution < 1.29 is 214 Å². The molecule has 0 saturated heterocycles. The third-order valence-electron chi connectivity index (χ3n) is 17.4. The molecular weight excluding hydrogens is 2770 g/mol. The van der Waals surface area contributed by atoms with Gasteiger partial charge >= 0.3 is 168 Å². The van der Waals surface area contributed by atoms with Crippen LogP contribution in [0.5, 0.6) is 0 Å². The molecule has 9 rings (SSSR count). The Balaban J connectivity index is -0.0000000731. The minimum Gasteiger partial charge on any atom is -0.870 e. The van der Waals surface area contributed by atoms with Crippen molar-refractivity contribution >= 4 is 46.9 Å². The molecule has 47 heteroatoms. The molecule has 14 N–H and O–H groups in total. The van der Waals surface area contributed by atoms with Gasteiger partial charge in [-0.3, -0.25) is 36.0 Å². The molecule has 0 bridgehead atoms. The number of hydrazine groups is 1. The van der Waals surface area contributed by atoms with Crippen LogP contribution in [0.25, 0.3) is 34.6 Å². The maximum absolute atomic E-state index is 11.6. The number of carbonyl (C=O) groups excluding carboxylic acids is 6. The van der Waals surface area contributed by atoms with Crippen LogP contribution in [0.3, 0.4) is 0 Å². The molecule has 0 radical (unpaired) electrons. The third kappa shape index (κ3) is 49.5. The second-order valence-corrected chi connectivity index (χ2v) is 28.2. The summed E-state index contributed by atoms with van der Waals surface area (Å²) in [6, 6.07) is 6.46. The van der Waals surface area contributed by atoms with Gasteiger partial charge < -0.3 is 130 Å². The van der Waals surface area contributed by atoms with Crippen molar-refractivity contribution in [3.8, 4) is 34.6 Å². The Morgan fingerprint density at radius 3 is 1.02 bits per heavy atom. The van der Waals surface area contributed by atoms with Crippen molar-refractivity contribution in [3.63, 3.8) is 0 Å². The van der Waals surface area contributed by atoms with E-state index in [4.69, 9.17) is 39.2 Å². The summed E-state index contributed by atoms with van der Waals surface area (Å²) in [6.07, 6.45) is 1.57. The predicted molar refractivity (Wildman–Crippen MR) is 510 cm³/mol. The first kappa shape index (κ1) is 161. The number of aromatic nitrogens is 20. The molecule has 754 valence electrons. The molecule has 0 aromatic carbocycles. The second kappa shape index (κ2) is 77.9. The van der Waals surface area contributed by atoms with Gasteiger partial charge in [-0.15, -0.1) is 96.9 Å². The Bertz CT molecular complexity index is 5050. The third-order valence-corrected chi connectivity index (χ3v) is 17.4. The zero-order chi connectivity index (χ0) is 94.0. The van der Waals surface area contributed by atoms with E-state index in [0.717, 1.165) is 127 Å². The zero-order valence-corrected chi connectivity index (χ0v) is 107. The number of ether oxygens (including phenoxy) is 3. The van der Waals surface area contributed by atoms with Crippen molar-refractivity contribution in [2.45, 2.75) is 242 Å². The Hall–Kier alpha value is -7.95. The van der Waals surface area contributed by atoms with Crippen LogP contribution >= 0.6 is 0 Å². The van der Waals surface area contributed by atoms with Gasteiger partial charge in [0.05, 0.1) is 31.2 Å². The van der Waals surface area contributed by atoms with Crippen LogP contribution < -0.4 is 69.4 Å². The molecule has 0 amide bonds. The minimum atomic E-state index is -0.757. The molecule has 0 aliphatic heterocycles. The number of aryl methyl sites for hydroxylation is 4. The molecule has 40 nitrogen and oxygen atoms in total. The minimum absolute atomic E-state index is 0. The van der Waals surface area contributed by atoms with E-state index in [1.807, 2.05) is 203 Å². The molecule has 0 unspecified atom stereocenters. The van der Waals surface area contributed by atoms with Gasteiger partial charge in [-0.05, 0) is 48.5 Å². The molecule has 0 fully saturated rings. The van der Waals surface area contributed by atoms with E-state index in [2.05, 4.69) is 91.3 Å². The molecule has 0 atom stereocenters. The summed E-state index contributed by atoms with van der Waals surface area (Å²) < 4.78 is 24.8. The number of carbonyl (C=O) groups is 6. The fraction of sp³-hybridized carbons (Fsp3) is 0.432. The second-order valence-electron chi connectivity index (χ2n) is 28.2. The summed E-state index contributed by atoms with van der Waals surface area (Å²) in [6.45, 7) is 71.2. The fourth-order valence-electron chi connectivity index (χ4n) is 9.82. The number of amidine groups is 2. The Morgan fingerprint density at radius 2 is 0.748 bits per heavy atom. The van der Waals surface area contributed by atoms with Crippen LogP contribution in [-0.2, 0) is 165 Å². The number of hydrazone groups is 1. The number of nitrogens with zero attached hydrogens (tertiary/aromatic N) is 19. The van der Waals surface area contributed by atoms with E-state index in [1.54, 1.807) is 45.5 Å². The molecular formula is C88H151N27NaO13W6-. The Kier molecular flexibility index (Phi) is 92.8. The number of ketones is 3. The molecule has 0 aliphatic carbocycles. The first-order valence-electron chi connectivity index (χ1n) is 38.1. The number of esters is 3. The smallest absolute Gasteiger partial charge is 0.870 e. The van der Waals surface area contributed by atoms with Crippen LogP contribution in [-0.4, -0.2) is 176 Å². The van der Waals surface area contributed by atoms with E-state index in [9.17, 15) is 38.4 Å². The molecule has 0 spiro atoms.